The van der Waals surface area contributed by atoms with Crippen LogP contribution in [-0.2, 0) is 0 Å². The molecule has 3 nitrogen and oxygen atoms in total. The van der Waals surface area contributed by atoms with Crippen molar-refractivity contribution in [1.82, 2.24) is 4.98 Å². The number of pyridine rings is 1. The fourth-order valence-electron chi connectivity index (χ4n) is 1.38. The van der Waals surface area contributed by atoms with Crippen molar-refractivity contribution in [3.05, 3.63) is 47.6 Å². The summed E-state index contributed by atoms with van der Waals surface area (Å²) in [6.45, 7) is 0.584. The van der Waals surface area contributed by atoms with Crippen molar-refractivity contribution in [2.45, 2.75) is 5.03 Å². The van der Waals surface area contributed by atoms with Crippen molar-refractivity contribution in [2.75, 3.05) is 18.1 Å². The fourth-order valence-corrected chi connectivity index (χ4v) is 2.29. The number of aromatic nitrogens is 1. The lowest BCUT2D eigenvalue weighted by Crippen LogP contribution is -2.01. The predicted molar refractivity (Wildman–Crippen MR) is 76.3 cm³/mol. The molecule has 2 N–H and O–H groups in total. The van der Waals surface area contributed by atoms with Crippen LogP contribution in [-0.4, -0.2) is 17.3 Å². The first-order valence-corrected chi connectivity index (χ1v) is 6.84. The van der Waals surface area contributed by atoms with Gasteiger partial charge in [0.25, 0.3) is 0 Å². The van der Waals surface area contributed by atoms with E-state index in [1.807, 2.05) is 30.3 Å². The topological polar surface area (TPSA) is 48.1 Å². The molecule has 1 heterocycles. The molecular weight excluding hydrogens is 268 g/mol. The van der Waals surface area contributed by atoms with Crippen LogP contribution in [0.1, 0.15) is 0 Å². The lowest BCUT2D eigenvalue weighted by Gasteiger charge is -2.06. The average molecular weight is 281 g/mol. The van der Waals surface area contributed by atoms with Crippen LogP contribution in [0.15, 0.2) is 47.6 Å². The standard InChI is InChI=1S/C13H13ClN2OS/c14-10-3-1-4-11(9-10)17-7-8-18-13-12(15)5-2-6-16-13/h1-6,9H,7-8,15H2. The lowest BCUT2D eigenvalue weighted by molar-refractivity contribution is 0.344. The molecule has 0 saturated heterocycles. The van der Waals surface area contributed by atoms with E-state index >= 15 is 0 Å². The van der Waals surface area contributed by atoms with Gasteiger partial charge in [-0.3, -0.25) is 0 Å². The van der Waals surface area contributed by atoms with Gasteiger partial charge in [0.1, 0.15) is 10.8 Å². The zero-order valence-electron chi connectivity index (χ0n) is 9.67. The zero-order valence-corrected chi connectivity index (χ0v) is 11.2. The van der Waals surface area contributed by atoms with E-state index in [4.69, 9.17) is 22.1 Å². The van der Waals surface area contributed by atoms with E-state index in [0.29, 0.717) is 17.3 Å². The average Bonchev–Trinajstić information content (AvgIpc) is 2.37. The van der Waals surface area contributed by atoms with Gasteiger partial charge in [0, 0.05) is 17.0 Å². The van der Waals surface area contributed by atoms with Crippen LogP contribution >= 0.6 is 23.4 Å². The van der Waals surface area contributed by atoms with Gasteiger partial charge in [0.05, 0.1) is 12.3 Å². The number of ether oxygens (including phenoxy) is 1. The first-order valence-electron chi connectivity index (χ1n) is 5.47. The highest BCUT2D eigenvalue weighted by Gasteiger charge is 2.00. The minimum absolute atomic E-state index is 0.584. The molecule has 0 spiro atoms. The second-order valence-electron chi connectivity index (χ2n) is 3.55. The molecular formula is C13H13ClN2OS. The third-order valence-electron chi connectivity index (χ3n) is 2.19. The quantitative estimate of drug-likeness (QED) is 0.673. The number of benzene rings is 1. The van der Waals surface area contributed by atoms with Gasteiger partial charge in [-0.1, -0.05) is 17.7 Å². The van der Waals surface area contributed by atoms with Gasteiger partial charge >= 0.3 is 0 Å². The van der Waals surface area contributed by atoms with Gasteiger partial charge in [-0.25, -0.2) is 4.98 Å². The van der Waals surface area contributed by atoms with Gasteiger partial charge in [0.15, 0.2) is 0 Å². The zero-order chi connectivity index (χ0) is 12.8. The van der Waals surface area contributed by atoms with Crippen molar-refractivity contribution in [1.29, 1.82) is 0 Å². The number of halogens is 1. The number of hydrogen-bond donors (Lipinski definition) is 1. The van der Waals surface area contributed by atoms with E-state index in [2.05, 4.69) is 4.98 Å². The van der Waals surface area contributed by atoms with Crippen LogP contribution in [0.5, 0.6) is 5.75 Å². The fraction of sp³-hybridized carbons (Fsp3) is 0.154. The number of anilines is 1. The van der Waals surface area contributed by atoms with Gasteiger partial charge in [-0.15, -0.1) is 11.8 Å². The summed E-state index contributed by atoms with van der Waals surface area (Å²) in [6, 6.07) is 11.0. The summed E-state index contributed by atoms with van der Waals surface area (Å²) in [6.07, 6.45) is 1.73. The maximum Gasteiger partial charge on any atom is 0.120 e. The molecule has 0 atom stereocenters. The van der Waals surface area contributed by atoms with Gasteiger partial charge in [0.2, 0.25) is 0 Å². The molecule has 1 aromatic carbocycles. The smallest absolute Gasteiger partial charge is 0.120 e. The van der Waals surface area contributed by atoms with Crippen LogP contribution in [0.3, 0.4) is 0 Å². The van der Waals surface area contributed by atoms with E-state index in [1.54, 1.807) is 24.0 Å². The molecule has 2 rings (SSSR count). The number of nitrogens with zero attached hydrogens (tertiary/aromatic N) is 1. The van der Waals surface area contributed by atoms with Crippen molar-refractivity contribution >= 4 is 29.1 Å². The van der Waals surface area contributed by atoms with E-state index in [9.17, 15) is 0 Å². The molecule has 94 valence electrons. The molecule has 0 unspecified atom stereocenters. The Hall–Kier alpha value is -1.39. The Morgan fingerprint density at radius 2 is 2.17 bits per heavy atom. The molecule has 2 aromatic rings. The first kappa shape index (κ1) is 13.1. The lowest BCUT2D eigenvalue weighted by atomic mass is 10.3. The highest BCUT2D eigenvalue weighted by molar-refractivity contribution is 7.99. The van der Waals surface area contributed by atoms with Crippen molar-refractivity contribution in [3.63, 3.8) is 0 Å². The second kappa shape index (κ2) is 6.52. The van der Waals surface area contributed by atoms with Crippen LogP contribution in [0.2, 0.25) is 5.02 Å². The second-order valence-corrected chi connectivity index (χ2v) is 5.07. The van der Waals surface area contributed by atoms with Crippen LogP contribution in [0.4, 0.5) is 5.69 Å². The Morgan fingerprint density at radius 1 is 1.28 bits per heavy atom. The van der Waals surface area contributed by atoms with Gasteiger partial charge in [-0.05, 0) is 30.3 Å². The SMILES string of the molecule is Nc1cccnc1SCCOc1cccc(Cl)c1. The van der Waals surface area contributed by atoms with E-state index in [1.165, 1.54) is 0 Å². The molecule has 0 aliphatic heterocycles. The molecule has 0 fully saturated rings. The van der Waals surface area contributed by atoms with Crippen molar-refractivity contribution in [3.8, 4) is 5.75 Å². The summed E-state index contributed by atoms with van der Waals surface area (Å²) in [5.74, 6) is 1.56. The molecule has 0 amide bonds. The molecule has 18 heavy (non-hydrogen) atoms. The predicted octanol–water partition coefficient (Wildman–Crippen LogP) is 3.49. The van der Waals surface area contributed by atoms with Crippen LogP contribution in [0, 0.1) is 0 Å². The van der Waals surface area contributed by atoms with Crippen LogP contribution < -0.4 is 10.5 Å². The third-order valence-corrected chi connectivity index (χ3v) is 3.41. The van der Waals surface area contributed by atoms with E-state index < -0.39 is 0 Å². The third kappa shape index (κ3) is 3.82. The number of rotatable bonds is 5. The number of thioether (sulfide) groups is 1. The summed E-state index contributed by atoms with van der Waals surface area (Å²) in [5, 5.41) is 1.52. The summed E-state index contributed by atoms with van der Waals surface area (Å²) >= 11 is 7.44. The molecule has 0 aliphatic carbocycles. The monoisotopic (exact) mass is 280 g/mol. The molecule has 0 saturated carbocycles. The summed E-state index contributed by atoms with van der Waals surface area (Å²) in [4.78, 5) is 4.20. The van der Waals surface area contributed by atoms with E-state index in [0.717, 1.165) is 16.5 Å². The highest BCUT2D eigenvalue weighted by Crippen LogP contribution is 2.22. The summed E-state index contributed by atoms with van der Waals surface area (Å²) < 4.78 is 5.57. The van der Waals surface area contributed by atoms with Gasteiger partial charge in [-0.2, -0.15) is 0 Å². The Bertz CT molecular complexity index is 522. The molecule has 0 aliphatic rings. The normalized spacial score (nSPS) is 10.3. The maximum absolute atomic E-state index is 5.86. The first-order chi connectivity index (χ1) is 8.75. The Labute approximate surface area is 115 Å². The Kier molecular flexibility index (Phi) is 4.73. The number of hydrogen-bond acceptors (Lipinski definition) is 4. The van der Waals surface area contributed by atoms with Gasteiger partial charge < -0.3 is 10.5 Å². The molecule has 5 heteroatoms. The molecule has 0 radical (unpaired) electrons. The minimum Gasteiger partial charge on any atom is -0.493 e. The van der Waals surface area contributed by atoms with Crippen molar-refractivity contribution < 1.29 is 4.74 Å². The van der Waals surface area contributed by atoms with Crippen molar-refractivity contribution in [2.24, 2.45) is 0 Å². The Balaban J connectivity index is 1.78. The molecule has 0 bridgehead atoms. The summed E-state index contributed by atoms with van der Waals surface area (Å²) in [7, 11) is 0. The van der Waals surface area contributed by atoms with E-state index in [-0.39, 0.29) is 0 Å². The Morgan fingerprint density at radius 3 is 2.94 bits per heavy atom. The minimum atomic E-state index is 0.584. The number of nitrogens with two attached hydrogens (primary N) is 1. The maximum atomic E-state index is 5.86. The highest BCUT2D eigenvalue weighted by atomic mass is 35.5. The summed E-state index contributed by atoms with van der Waals surface area (Å²) in [5.41, 5.74) is 6.49. The van der Waals surface area contributed by atoms with Crippen LogP contribution in [0.25, 0.3) is 0 Å². The number of nitrogen functional groups attached to an aromatic ring is 1. The molecule has 1 aromatic heterocycles. The largest absolute Gasteiger partial charge is 0.493 e.